The second-order valence-electron chi connectivity index (χ2n) is 4.53. The van der Waals surface area contributed by atoms with Crippen LogP contribution in [0.15, 0.2) is 24.4 Å². The monoisotopic (exact) mass is 310 g/mol. The molecule has 0 aliphatic heterocycles. The number of para-hydroxylation sites is 1. The second kappa shape index (κ2) is 8.07. The number of methoxy groups -OCH3 is 1. The molecule has 1 heterocycles. The standard InChI is InChI=1S/C15H19FN2O2S/c1-11-18-9-13(21-11)10-20-15-12(4-3-5-14(15)16)8-17-6-7-19-2/h3-5,9,17H,6-8,10H2,1-2H3. The zero-order chi connectivity index (χ0) is 15.1. The zero-order valence-electron chi connectivity index (χ0n) is 12.2. The van der Waals surface area contributed by atoms with E-state index < -0.39 is 0 Å². The summed E-state index contributed by atoms with van der Waals surface area (Å²) in [5.41, 5.74) is 0.798. The molecule has 1 N–H and O–H groups in total. The first-order valence-electron chi connectivity index (χ1n) is 6.72. The Morgan fingerprint density at radius 2 is 2.24 bits per heavy atom. The molecule has 114 valence electrons. The minimum atomic E-state index is -0.345. The molecule has 21 heavy (non-hydrogen) atoms. The van der Waals surface area contributed by atoms with Crippen LogP contribution in [0.25, 0.3) is 0 Å². The Kier molecular flexibility index (Phi) is 6.10. The first-order chi connectivity index (χ1) is 10.2. The van der Waals surface area contributed by atoms with E-state index in [1.165, 1.54) is 6.07 Å². The van der Waals surface area contributed by atoms with E-state index in [1.807, 2.05) is 13.0 Å². The maximum atomic E-state index is 13.9. The lowest BCUT2D eigenvalue weighted by Crippen LogP contribution is -2.19. The maximum Gasteiger partial charge on any atom is 0.165 e. The SMILES string of the molecule is COCCNCc1cccc(F)c1OCc1cnc(C)s1. The molecule has 0 bridgehead atoms. The number of nitrogens with zero attached hydrogens (tertiary/aromatic N) is 1. The predicted octanol–water partition coefficient (Wildman–Crippen LogP) is 2.91. The van der Waals surface area contributed by atoms with Crippen molar-refractivity contribution >= 4 is 11.3 Å². The van der Waals surface area contributed by atoms with Crippen LogP contribution in [0.2, 0.25) is 0 Å². The molecule has 0 saturated carbocycles. The summed E-state index contributed by atoms with van der Waals surface area (Å²) in [7, 11) is 1.65. The average molecular weight is 310 g/mol. The second-order valence-corrected chi connectivity index (χ2v) is 5.85. The number of hydrogen-bond acceptors (Lipinski definition) is 5. The van der Waals surface area contributed by atoms with Crippen molar-refractivity contribution in [1.29, 1.82) is 0 Å². The van der Waals surface area contributed by atoms with Crippen LogP contribution in [0.5, 0.6) is 5.75 Å². The van der Waals surface area contributed by atoms with Gasteiger partial charge in [0.2, 0.25) is 0 Å². The molecule has 0 saturated heterocycles. The van der Waals surface area contributed by atoms with Crippen LogP contribution in [-0.4, -0.2) is 25.2 Å². The number of thiazole rings is 1. The van der Waals surface area contributed by atoms with Crippen LogP contribution in [0, 0.1) is 12.7 Å². The molecule has 4 nitrogen and oxygen atoms in total. The van der Waals surface area contributed by atoms with Gasteiger partial charge >= 0.3 is 0 Å². The van der Waals surface area contributed by atoms with Gasteiger partial charge in [-0.25, -0.2) is 9.37 Å². The number of ether oxygens (including phenoxy) is 2. The molecular weight excluding hydrogens is 291 g/mol. The van der Waals surface area contributed by atoms with Gasteiger partial charge in [-0.1, -0.05) is 12.1 Å². The maximum absolute atomic E-state index is 13.9. The molecule has 0 aliphatic carbocycles. The Morgan fingerprint density at radius 3 is 2.95 bits per heavy atom. The summed E-state index contributed by atoms with van der Waals surface area (Å²) in [6.45, 7) is 4.13. The van der Waals surface area contributed by atoms with Gasteiger partial charge in [-0.3, -0.25) is 0 Å². The van der Waals surface area contributed by atoms with E-state index in [2.05, 4.69) is 10.3 Å². The highest BCUT2D eigenvalue weighted by Crippen LogP contribution is 2.24. The summed E-state index contributed by atoms with van der Waals surface area (Å²) in [5.74, 6) is -0.0456. The van der Waals surface area contributed by atoms with Gasteiger partial charge < -0.3 is 14.8 Å². The lowest BCUT2D eigenvalue weighted by atomic mass is 10.2. The Hall–Kier alpha value is -1.50. The van der Waals surface area contributed by atoms with Gasteiger partial charge in [0.05, 0.1) is 16.5 Å². The molecule has 6 heteroatoms. The van der Waals surface area contributed by atoms with Crippen LogP contribution >= 0.6 is 11.3 Å². The Balaban J connectivity index is 1.99. The number of aryl methyl sites for hydroxylation is 1. The number of hydrogen-bond donors (Lipinski definition) is 1. The molecule has 0 atom stereocenters. The summed E-state index contributed by atoms with van der Waals surface area (Å²) < 4.78 is 24.6. The molecule has 2 rings (SSSR count). The van der Waals surface area contributed by atoms with Crippen molar-refractivity contribution in [2.24, 2.45) is 0 Å². The van der Waals surface area contributed by atoms with Crippen LogP contribution in [0.3, 0.4) is 0 Å². The topological polar surface area (TPSA) is 43.4 Å². The molecule has 2 aromatic rings. The quantitative estimate of drug-likeness (QED) is 0.761. The first-order valence-corrected chi connectivity index (χ1v) is 7.53. The fourth-order valence-electron chi connectivity index (χ4n) is 1.87. The molecule has 0 spiro atoms. The van der Waals surface area contributed by atoms with Crippen molar-refractivity contribution in [2.45, 2.75) is 20.1 Å². The molecule has 1 aromatic carbocycles. The lowest BCUT2D eigenvalue weighted by molar-refractivity contribution is 0.199. The fraction of sp³-hybridized carbons (Fsp3) is 0.400. The van der Waals surface area contributed by atoms with Gasteiger partial charge in [-0.05, 0) is 13.0 Å². The van der Waals surface area contributed by atoms with E-state index in [0.717, 1.165) is 15.4 Å². The summed E-state index contributed by atoms with van der Waals surface area (Å²) in [4.78, 5) is 5.14. The van der Waals surface area contributed by atoms with Gasteiger partial charge in [0.1, 0.15) is 6.61 Å². The summed E-state index contributed by atoms with van der Waals surface area (Å²) in [6, 6.07) is 4.95. The highest BCUT2D eigenvalue weighted by atomic mass is 32.1. The number of rotatable bonds is 8. The van der Waals surface area contributed by atoms with Crippen LogP contribution in [0.4, 0.5) is 4.39 Å². The molecule has 0 aliphatic rings. The normalized spacial score (nSPS) is 10.8. The van der Waals surface area contributed by atoms with E-state index in [-0.39, 0.29) is 5.82 Å². The van der Waals surface area contributed by atoms with E-state index in [0.29, 0.717) is 32.1 Å². The highest BCUT2D eigenvalue weighted by molar-refractivity contribution is 7.11. The fourth-order valence-corrected chi connectivity index (χ4v) is 2.58. The van der Waals surface area contributed by atoms with E-state index >= 15 is 0 Å². The van der Waals surface area contributed by atoms with Crippen molar-refractivity contribution in [2.75, 3.05) is 20.3 Å². The van der Waals surface area contributed by atoms with Gasteiger partial charge in [0.25, 0.3) is 0 Å². The number of aromatic nitrogens is 1. The predicted molar refractivity (Wildman–Crippen MR) is 81.2 cm³/mol. The van der Waals surface area contributed by atoms with Crippen molar-refractivity contribution in [3.8, 4) is 5.75 Å². The first kappa shape index (κ1) is 15.9. The van der Waals surface area contributed by atoms with Crippen molar-refractivity contribution in [1.82, 2.24) is 10.3 Å². The Morgan fingerprint density at radius 1 is 1.38 bits per heavy atom. The third kappa shape index (κ3) is 4.77. The van der Waals surface area contributed by atoms with Crippen molar-refractivity contribution in [3.05, 3.63) is 45.7 Å². The largest absolute Gasteiger partial charge is 0.485 e. The van der Waals surface area contributed by atoms with Crippen LogP contribution in [-0.2, 0) is 17.9 Å². The number of nitrogens with one attached hydrogen (secondary N) is 1. The van der Waals surface area contributed by atoms with Gasteiger partial charge in [-0.2, -0.15) is 0 Å². The third-order valence-electron chi connectivity index (χ3n) is 2.87. The van der Waals surface area contributed by atoms with Gasteiger partial charge in [-0.15, -0.1) is 11.3 Å². The van der Waals surface area contributed by atoms with Crippen molar-refractivity contribution < 1.29 is 13.9 Å². The highest BCUT2D eigenvalue weighted by Gasteiger charge is 2.10. The van der Waals surface area contributed by atoms with Crippen LogP contribution < -0.4 is 10.1 Å². The molecule has 0 fully saturated rings. The minimum absolute atomic E-state index is 0.300. The molecule has 0 radical (unpaired) electrons. The average Bonchev–Trinajstić information content (AvgIpc) is 2.88. The summed E-state index contributed by atoms with van der Waals surface area (Å²) >= 11 is 1.55. The van der Waals surface area contributed by atoms with Crippen molar-refractivity contribution in [3.63, 3.8) is 0 Å². The molecule has 0 unspecified atom stereocenters. The number of benzene rings is 1. The van der Waals surface area contributed by atoms with Crippen LogP contribution in [0.1, 0.15) is 15.4 Å². The molecular formula is C15H19FN2O2S. The Bertz CT molecular complexity index is 575. The number of halogens is 1. The van der Waals surface area contributed by atoms with E-state index in [9.17, 15) is 4.39 Å². The summed E-state index contributed by atoms with van der Waals surface area (Å²) in [5, 5.41) is 4.17. The van der Waals surface area contributed by atoms with E-state index in [4.69, 9.17) is 9.47 Å². The smallest absolute Gasteiger partial charge is 0.165 e. The molecule has 0 amide bonds. The third-order valence-corrected chi connectivity index (χ3v) is 3.76. The summed E-state index contributed by atoms with van der Waals surface area (Å²) in [6.07, 6.45) is 1.76. The van der Waals surface area contributed by atoms with E-state index in [1.54, 1.807) is 30.7 Å². The van der Waals surface area contributed by atoms with Gasteiger partial charge in [0.15, 0.2) is 11.6 Å². The molecule has 1 aromatic heterocycles. The zero-order valence-corrected chi connectivity index (χ0v) is 13.0. The Labute approximate surface area is 127 Å². The lowest BCUT2D eigenvalue weighted by Gasteiger charge is -2.12. The van der Waals surface area contributed by atoms with Gasteiger partial charge in [0, 0.05) is 32.0 Å². The minimum Gasteiger partial charge on any atom is -0.485 e.